The normalized spacial score (nSPS) is 13.1. The van der Waals surface area contributed by atoms with Gasteiger partial charge in [-0.1, -0.05) is 103 Å². The van der Waals surface area contributed by atoms with E-state index in [1.165, 1.54) is 89.9 Å². The lowest BCUT2D eigenvalue weighted by Crippen LogP contribution is -2.36. The van der Waals surface area contributed by atoms with Crippen molar-refractivity contribution in [3.63, 3.8) is 0 Å². The van der Waals surface area contributed by atoms with Crippen molar-refractivity contribution in [3.05, 3.63) is 0 Å². The number of aliphatic hydroxyl groups excluding tert-OH is 1. The monoisotopic (exact) mass is 405 g/mol. The smallest absolute Gasteiger partial charge is 0.168 e. The molecule has 0 rings (SSSR count). The summed E-state index contributed by atoms with van der Waals surface area (Å²) in [7, 11) is -3.19. The van der Waals surface area contributed by atoms with Gasteiger partial charge in [-0.25, -0.2) is 8.42 Å². The third kappa shape index (κ3) is 17.7. The second kappa shape index (κ2) is 19.2. The van der Waals surface area contributed by atoms with Crippen molar-refractivity contribution in [3.8, 4) is 0 Å². The molecule has 5 heteroatoms. The molecule has 0 aliphatic heterocycles. The van der Waals surface area contributed by atoms with Gasteiger partial charge in [-0.2, -0.15) is 0 Å². The van der Waals surface area contributed by atoms with Gasteiger partial charge in [0.05, 0.1) is 12.4 Å². The molecule has 0 aromatic rings. The fraction of sp³-hybridized carbons (Fsp3) is 1.00. The van der Waals surface area contributed by atoms with Gasteiger partial charge in [0.15, 0.2) is 9.84 Å². The lowest BCUT2D eigenvalue weighted by Gasteiger charge is -2.13. The van der Waals surface area contributed by atoms with Gasteiger partial charge in [-0.15, -0.1) is 0 Å². The maximum absolute atomic E-state index is 11.7. The van der Waals surface area contributed by atoms with Crippen LogP contribution >= 0.6 is 0 Å². The largest absolute Gasteiger partial charge is 0.395 e. The highest BCUT2D eigenvalue weighted by molar-refractivity contribution is 7.91. The van der Waals surface area contributed by atoms with Crippen molar-refractivity contribution < 1.29 is 13.5 Å². The molecule has 1 unspecified atom stereocenters. The highest BCUT2D eigenvalue weighted by Crippen LogP contribution is 2.13. The van der Waals surface area contributed by atoms with E-state index >= 15 is 0 Å². The van der Waals surface area contributed by atoms with Crippen molar-refractivity contribution in [2.75, 3.05) is 18.9 Å². The molecule has 0 bridgehead atoms. The van der Waals surface area contributed by atoms with Crippen LogP contribution in [0.2, 0.25) is 0 Å². The van der Waals surface area contributed by atoms with Crippen LogP contribution in [-0.2, 0) is 9.84 Å². The van der Waals surface area contributed by atoms with E-state index in [9.17, 15) is 8.42 Å². The van der Waals surface area contributed by atoms with Gasteiger partial charge in [-0.3, -0.25) is 0 Å². The van der Waals surface area contributed by atoms with Crippen LogP contribution in [0.4, 0.5) is 0 Å². The SMILES string of the molecule is CCCCCCCCCCCCCCCCCCNC(C)S(=O)(=O)CCO. The molecule has 0 saturated heterocycles. The Morgan fingerprint density at radius 2 is 1.07 bits per heavy atom. The molecule has 2 N–H and O–H groups in total. The van der Waals surface area contributed by atoms with E-state index in [2.05, 4.69) is 12.2 Å². The van der Waals surface area contributed by atoms with Crippen LogP contribution in [0, 0.1) is 0 Å². The molecule has 4 nitrogen and oxygen atoms in total. The summed E-state index contributed by atoms with van der Waals surface area (Å²) in [6, 6.07) is 0. The summed E-state index contributed by atoms with van der Waals surface area (Å²) in [4.78, 5) is 0. The quantitative estimate of drug-likeness (QED) is 0.244. The molecular formula is C22H47NO3S. The molecule has 0 aromatic carbocycles. The fourth-order valence-electron chi connectivity index (χ4n) is 3.41. The van der Waals surface area contributed by atoms with Crippen LogP contribution in [0.1, 0.15) is 117 Å². The minimum absolute atomic E-state index is 0.153. The molecule has 0 aliphatic rings. The third-order valence-corrected chi connectivity index (χ3v) is 7.37. The molecule has 0 heterocycles. The number of unbranched alkanes of at least 4 members (excludes halogenated alkanes) is 15. The van der Waals surface area contributed by atoms with Crippen molar-refractivity contribution in [2.24, 2.45) is 0 Å². The van der Waals surface area contributed by atoms with Gasteiger partial charge in [-0.05, 0) is 19.9 Å². The maximum Gasteiger partial charge on any atom is 0.168 e. The molecule has 0 saturated carbocycles. The lowest BCUT2D eigenvalue weighted by atomic mass is 10.0. The van der Waals surface area contributed by atoms with Crippen molar-refractivity contribution in [1.29, 1.82) is 0 Å². The summed E-state index contributed by atoms with van der Waals surface area (Å²) in [5.74, 6) is -0.153. The Bertz CT molecular complexity index is 398. The van der Waals surface area contributed by atoms with E-state index in [0.717, 1.165) is 19.4 Å². The molecule has 164 valence electrons. The van der Waals surface area contributed by atoms with E-state index in [1.54, 1.807) is 6.92 Å². The third-order valence-electron chi connectivity index (χ3n) is 5.38. The van der Waals surface area contributed by atoms with E-state index in [0.29, 0.717) is 0 Å². The van der Waals surface area contributed by atoms with E-state index in [1.807, 2.05) is 0 Å². The van der Waals surface area contributed by atoms with Crippen LogP contribution in [0.5, 0.6) is 0 Å². The lowest BCUT2D eigenvalue weighted by molar-refractivity contribution is 0.319. The summed E-state index contributed by atoms with van der Waals surface area (Å²) in [6.45, 7) is 4.38. The minimum atomic E-state index is -3.19. The molecule has 0 fully saturated rings. The average Bonchev–Trinajstić information content (AvgIpc) is 2.64. The van der Waals surface area contributed by atoms with Crippen molar-refractivity contribution in [1.82, 2.24) is 5.32 Å². The van der Waals surface area contributed by atoms with Crippen molar-refractivity contribution in [2.45, 2.75) is 122 Å². The van der Waals surface area contributed by atoms with E-state index in [-0.39, 0.29) is 12.4 Å². The maximum atomic E-state index is 11.7. The molecule has 1 atom stereocenters. The second-order valence-corrected chi connectivity index (χ2v) is 10.4. The zero-order valence-corrected chi connectivity index (χ0v) is 19.0. The first kappa shape index (κ1) is 26.9. The van der Waals surface area contributed by atoms with Crippen LogP contribution in [0.15, 0.2) is 0 Å². The predicted octanol–water partition coefficient (Wildman–Crippen LogP) is 5.59. The summed E-state index contributed by atoms with van der Waals surface area (Å²) >= 11 is 0. The first-order valence-electron chi connectivity index (χ1n) is 11.6. The van der Waals surface area contributed by atoms with Gasteiger partial charge in [0.2, 0.25) is 0 Å². The Hall–Kier alpha value is -0.130. The summed E-state index contributed by atoms with van der Waals surface area (Å²) in [6.07, 6.45) is 21.5. The van der Waals surface area contributed by atoms with E-state index in [4.69, 9.17) is 5.11 Å². The van der Waals surface area contributed by atoms with E-state index < -0.39 is 15.2 Å². The van der Waals surface area contributed by atoms with Crippen LogP contribution in [0.25, 0.3) is 0 Å². The summed E-state index contributed by atoms with van der Waals surface area (Å²) in [5.41, 5.74) is 0. The first-order chi connectivity index (χ1) is 13.0. The number of aliphatic hydroxyl groups is 1. The first-order valence-corrected chi connectivity index (χ1v) is 13.3. The standard InChI is InChI=1S/C22H47NO3S/c1-3-4-5-6-7-8-9-10-11-12-13-14-15-16-17-18-19-23-22(2)27(25,26)21-20-24/h22-24H,3-21H2,1-2H3. The number of hydrogen-bond donors (Lipinski definition) is 2. The Morgan fingerprint density at radius 1 is 0.704 bits per heavy atom. The number of rotatable bonds is 21. The summed E-state index contributed by atoms with van der Waals surface area (Å²) < 4.78 is 23.4. The van der Waals surface area contributed by atoms with Gasteiger partial charge in [0.1, 0.15) is 5.37 Å². The molecule has 0 amide bonds. The zero-order chi connectivity index (χ0) is 20.2. The van der Waals surface area contributed by atoms with Gasteiger partial charge in [0.25, 0.3) is 0 Å². The number of hydrogen-bond acceptors (Lipinski definition) is 4. The Kier molecular flexibility index (Phi) is 19.1. The highest BCUT2D eigenvalue weighted by atomic mass is 32.2. The van der Waals surface area contributed by atoms with Crippen molar-refractivity contribution >= 4 is 9.84 Å². The highest BCUT2D eigenvalue weighted by Gasteiger charge is 2.18. The Labute approximate surface area is 169 Å². The van der Waals surface area contributed by atoms with Crippen LogP contribution < -0.4 is 5.32 Å². The fourth-order valence-corrected chi connectivity index (χ4v) is 4.39. The molecule has 0 spiro atoms. The molecule has 0 radical (unpaired) electrons. The minimum Gasteiger partial charge on any atom is -0.395 e. The predicted molar refractivity (Wildman–Crippen MR) is 118 cm³/mol. The average molecular weight is 406 g/mol. The number of sulfone groups is 1. The zero-order valence-electron chi connectivity index (χ0n) is 18.2. The molecular weight excluding hydrogens is 358 g/mol. The summed E-state index contributed by atoms with van der Waals surface area (Å²) in [5, 5.41) is 11.3. The second-order valence-electron chi connectivity index (χ2n) is 7.99. The number of nitrogens with one attached hydrogen (secondary N) is 1. The van der Waals surface area contributed by atoms with Crippen LogP contribution in [-0.4, -0.2) is 37.8 Å². The van der Waals surface area contributed by atoms with Gasteiger partial charge < -0.3 is 10.4 Å². The van der Waals surface area contributed by atoms with Gasteiger partial charge >= 0.3 is 0 Å². The van der Waals surface area contributed by atoms with Crippen LogP contribution in [0.3, 0.4) is 0 Å². The topological polar surface area (TPSA) is 66.4 Å². The Morgan fingerprint density at radius 3 is 1.44 bits per heavy atom. The van der Waals surface area contributed by atoms with Gasteiger partial charge in [0, 0.05) is 0 Å². The molecule has 27 heavy (non-hydrogen) atoms. The molecule has 0 aromatic heterocycles. The Balaban J connectivity index is 3.23. The molecule has 0 aliphatic carbocycles.